The van der Waals surface area contributed by atoms with Gasteiger partial charge in [0.2, 0.25) is 0 Å². The average Bonchev–Trinajstić information content (AvgIpc) is 2.30. The molecule has 0 rings (SSSR count). The van der Waals surface area contributed by atoms with E-state index >= 15 is 0 Å². The molecule has 0 aliphatic carbocycles. The lowest BCUT2D eigenvalue weighted by atomic mass is 10.0. The molecule has 0 aromatic carbocycles. The minimum atomic E-state index is 0.224. The third kappa shape index (κ3) is 8.10. The van der Waals surface area contributed by atoms with E-state index < -0.39 is 0 Å². The van der Waals surface area contributed by atoms with Gasteiger partial charge in [0.15, 0.2) is 0 Å². The number of hydrogen-bond donors (Lipinski definition) is 1. The topological polar surface area (TPSA) is 15.3 Å². The van der Waals surface area contributed by atoms with Crippen LogP contribution in [0.15, 0.2) is 0 Å². The molecule has 0 aromatic heterocycles. The van der Waals surface area contributed by atoms with E-state index in [1.807, 2.05) is 0 Å². The van der Waals surface area contributed by atoms with Crippen molar-refractivity contribution in [2.75, 3.05) is 19.6 Å². The number of hydrogen-bond acceptors (Lipinski definition) is 2. The van der Waals surface area contributed by atoms with E-state index in [2.05, 4.69) is 58.7 Å². The molecule has 0 spiro atoms. The molecular weight excluding hydrogens is 220 g/mol. The molecule has 0 saturated heterocycles. The Morgan fingerprint density at radius 3 is 2.11 bits per heavy atom. The summed E-state index contributed by atoms with van der Waals surface area (Å²) in [5, 5.41) is 3.67. The summed E-state index contributed by atoms with van der Waals surface area (Å²) in [6, 6.07) is 0.688. The zero-order valence-corrected chi connectivity index (χ0v) is 13.8. The Morgan fingerprint density at radius 1 is 1.11 bits per heavy atom. The van der Waals surface area contributed by atoms with Crippen molar-refractivity contribution in [2.24, 2.45) is 5.92 Å². The van der Waals surface area contributed by atoms with Crippen LogP contribution < -0.4 is 5.32 Å². The van der Waals surface area contributed by atoms with E-state index in [1.165, 1.54) is 32.4 Å². The molecule has 0 bridgehead atoms. The van der Waals surface area contributed by atoms with Crippen molar-refractivity contribution in [3.63, 3.8) is 0 Å². The van der Waals surface area contributed by atoms with Crippen molar-refractivity contribution in [1.29, 1.82) is 0 Å². The zero-order chi connectivity index (χ0) is 14.2. The summed E-state index contributed by atoms with van der Waals surface area (Å²) in [4.78, 5) is 2.66. The molecule has 110 valence electrons. The highest BCUT2D eigenvalue weighted by atomic mass is 15.2. The molecule has 0 heterocycles. The van der Waals surface area contributed by atoms with Crippen molar-refractivity contribution in [2.45, 2.75) is 79.3 Å². The first kappa shape index (κ1) is 17.9. The largest absolute Gasteiger partial charge is 0.311 e. The van der Waals surface area contributed by atoms with Crippen molar-refractivity contribution in [3.05, 3.63) is 0 Å². The van der Waals surface area contributed by atoms with Crippen LogP contribution in [-0.2, 0) is 0 Å². The van der Waals surface area contributed by atoms with E-state index in [0.29, 0.717) is 6.04 Å². The lowest BCUT2D eigenvalue weighted by Crippen LogP contribution is -2.48. The number of likely N-dealkylation sites (N-methyl/N-ethyl adjacent to an activating group) is 1. The summed E-state index contributed by atoms with van der Waals surface area (Å²) in [6.07, 6.45) is 3.85. The number of rotatable bonds is 9. The molecule has 2 atom stereocenters. The number of nitrogens with one attached hydrogen (secondary N) is 1. The number of nitrogens with zero attached hydrogens (tertiary/aromatic N) is 1. The maximum absolute atomic E-state index is 3.67. The van der Waals surface area contributed by atoms with Crippen LogP contribution in [0.1, 0.15) is 67.7 Å². The van der Waals surface area contributed by atoms with Gasteiger partial charge in [0, 0.05) is 24.7 Å². The quantitative estimate of drug-likeness (QED) is 0.673. The van der Waals surface area contributed by atoms with Crippen LogP contribution >= 0.6 is 0 Å². The molecule has 0 aromatic rings. The summed E-state index contributed by atoms with van der Waals surface area (Å²) >= 11 is 0. The first-order valence-electron chi connectivity index (χ1n) is 7.83. The van der Waals surface area contributed by atoms with Gasteiger partial charge < -0.3 is 5.32 Å². The Hall–Kier alpha value is -0.0800. The van der Waals surface area contributed by atoms with Gasteiger partial charge in [-0.3, -0.25) is 4.90 Å². The van der Waals surface area contributed by atoms with Gasteiger partial charge in [-0.05, 0) is 39.7 Å². The summed E-state index contributed by atoms with van der Waals surface area (Å²) < 4.78 is 0. The van der Waals surface area contributed by atoms with Crippen LogP contribution in [-0.4, -0.2) is 36.1 Å². The SMILES string of the molecule is CCCC(CNC(C)(C)C)N(CC)CC(C)CC. The monoisotopic (exact) mass is 256 g/mol. The Labute approximate surface area is 116 Å². The van der Waals surface area contributed by atoms with E-state index in [4.69, 9.17) is 0 Å². The maximum Gasteiger partial charge on any atom is 0.0220 e. The van der Waals surface area contributed by atoms with Gasteiger partial charge in [0.05, 0.1) is 0 Å². The van der Waals surface area contributed by atoms with E-state index in [1.54, 1.807) is 0 Å². The first-order valence-corrected chi connectivity index (χ1v) is 7.83. The second-order valence-electron chi connectivity index (χ2n) is 6.67. The third-order valence-electron chi connectivity index (χ3n) is 3.66. The Balaban J connectivity index is 4.42. The first-order chi connectivity index (χ1) is 8.34. The van der Waals surface area contributed by atoms with Gasteiger partial charge in [-0.1, -0.05) is 40.5 Å². The van der Waals surface area contributed by atoms with Crippen molar-refractivity contribution in [1.82, 2.24) is 10.2 Å². The minimum Gasteiger partial charge on any atom is -0.311 e. The van der Waals surface area contributed by atoms with Crippen molar-refractivity contribution >= 4 is 0 Å². The molecular formula is C16H36N2. The van der Waals surface area contributed by atoms with Gasteiger partial charge in [-0.15, -0.1) is 0 Å². The highest BCUT2D eigenvalue weighted by Gasteiger charge is 2.20. The second kappa shape index (κ2) is 8.92. The maximum atomic E-state index is 3.67. The fraction of sp³-hybridized carbons (Fsp3) is 1.00. The fourth-order valence-electron chi connectivity index (χ4n) is 2.24. The molecule has 0 aliphatic heterocycles. The van der Waals surface area contributed by atoms with E-state index in [-0.39, 0.29) is 5.54 Å². The predicted octanol–water partition coefficient (Wildman–Crippen LogP) is 3.91. The Bertz CT molecular complexity index is 196. The molecule has 2 heteroatoms. The summed E-state index contributed by atoms with van der Waals surface area (Å²) in [5.74, 6) is 0.805. The van der Waals surface area contributed by atoms with Crippen LogP contribution in [0.3, 0.4) is 0 Å². The summed E-state index contributed by atoms with van der Waals surface area (Å²) in [6.45, 7) is 19.5. The molecule has 0 aliphatic rings. The van der Waals surface area contributed by atoms with Crippen LogP contribution in [0, 0.1) is 5.92 Å². The molecule has 1 N–H and O–H groups in total. The highest BCUT2D eigenvalue weighted by molar-refractivity contribution is 4.79. The minimum absolute atomic E-state index is 0.224. The normalized spacial score (nSPS) is 16.0. The van der Waals surface area contributed by atoms with Gasteiger partial charge in [-0.25, -0.2) is 0 Å². The lowest BCUT2D eigenvalue weighted by molar-refractivity contribution is 0.157. The standard InChI is InChI=1S/C16H36N2/c1-8-11-15(12-17-16(5,6)7)18(10-3)13-14(4)9-2/h14-15,17H,8-13H2,1-7H3. The Kier molecular flexibility index (Phi) is 8.89. The molecule has 0 radical (unpaired) electrons. The van der Waals surface area contributed by atoms with Gasteiger partial charge in [-0.2, -0.15) is 0 Å². The third-order valence-corrected chi connectivity index (χ3v) is 3.66. The van der Waals surface area contributed by atoms with Gasteiger partial charge in [0.25, 0.3) is 0 Å². The molecule has 2 nitrogen and oxygen atoms in total. The lowest BCUT2D eigenvalue weighted by Gasteiger charge is -2.35. The van der Waals surface area contributed by atoms with Gasteiger partial charge >= 0.3 is 0 Å². The van der Waals surface area contributed by atoms with Gasteiger partial charge in [0.1, 0.15) is 0 Å². The predicted molar refractivity (Wildman–Crippen MR) is 83.2 cm³/mol. The molecule has 0 saturated carbocycles. The van der Waals surface area contributed by atoms with Crippen LogP contribution in [0.4, 0.5) is 0 Å². The summed E-state index contributed by atoms with van der Waals surface area (Å²) in [7, 11) is 0. The van der Waals surface area contributed by atoms with Crippen LogP contribution in [0.25, 0.3) is 0 Å². The van der Waals surface area contributed by atoms with Crippen LogP contribution in [0.5, 0.6) is 0 Å². The summed E-state index contributed by atoms with van der Waals surface area (Å²) in [5.41, 5.74) is 0.224. The van der Waals surface area contributed by atoms with Crippen LogP contribution in [0.2, 0.25) is 0 Å². The fourth-order valence-corrected chi connectivity index (χ4v) is 2.24. The second-order valence-corrected chi connectivity index (χ2v) is 6.67. The molecule has 18 heavy (non-hydrogen) atoms. The Morgan fingerprint density at radius 2 is 1.72 bits per heavy atom. The molecule has 2 unspecified atom stereocenters. The molecule has 0 amide bonds. The highest BCUT2D eigenvalue weighted by Crippen LogP contribution is 2.12. The van der Waals surface area contributed by atoms with E-state index in [9.17, 15) is 0 Å². The molecule has 0 fully saturated rings. The average molecular weight is 256 g/mol. The van der Waals surface area contributed by atoms with E-state index in [0.717, 1.165) is 12.5 Å². The van der Waals surface area contributed by atoms with Crippen molar-refractivity contribution in [3.8, 4) is 0 Å². The van der Waals surface area contributed by atoms with Crippen molar-refractivity contribution < 1.29 is 0 Å². The zero-order valence-electron chi connectivity index (χ0n) is 13.8. The smallest absolute Gasteiger partial charge is 0.0220 e.